The highest BCUT2D eigenvalue weighted by molar-refractivity contribution is 7.14. The second kappa shape index (κ2) is 6.53. The molecule has 7 nitrogen and oxygen atoms in total. The van der Waals surface area contributed by atoms with Gasteiger partial charge in [0, 0.05) is 34.6 Å². The van der Waals surface area contributed by atoms with Crippen molar-refractivity contribution >= 4 is 33.5 Å². The zero-order valence-corrected chi connectivity index (χ0v) is 16.1. The number of thiophene rings is 1. The Morgan fingerprint density at radius 3 is 2.77 bits per heavy atom. The third-order valence-corrected chi connectivity index (χ3v) is 5.73. The molecular formula is C21H12FN7S. The summed E-state index contributed by atoms with van der Waals surface area (Å²) in [6, 6.07) is 12.7. The standard InChI is InChI=1S/C21H12FN7S/c22-16-6-5-15(30-16)12-7-9-24-20-17(12)26-21(27-20)19-18-14(28-29-19)4-3-13(25-18)11-2-1-8-23-10-11/h1-10H,(H,28,29)(H,24,26,27). The quantitative estimate of drug-likeness (QED) is 0.433. The van der Waals surface area contributed by atoms with Crippen molar-refractivity contribution in [1.82, 2.24) is 35.1 Å². The lowest BCUT2D eigenvalue weighted by Crippen LogP contribution is -1.87. The molecule has 0 saturated heterocycles. The number of nitrogens with zero attached hydrogens (tertiary/aromatic N) is 5. The van der Waals surface area contributed by atoms with Gasteiger partial charge < -0.3 is 4.98 Å². The maximum atomic E-state index is 13.5. The zero-order chi connectivity index (χ0) is 20.1. The van der Waals surface area contributed by atoms with E-state index in [1.54, 1.807) is 24.7 Å². The molecule has 0 unspecified atom stereocenters. The first-order chi connectivity index (χ1) is 14.8. The predicted octanol–water partition coefficient (Wildman–Crippen LogP) is 4.83. The van der Waals surface area contributed by atoms with Gasteiger partial charge in [0.2, 0.25) is 0 Å². The highest BCUT2D eigenvalue weighted by Gasteiger charge is 2.17. The smallest absolute Gasteiger partial charge is 0.178 e. The summed E-state index contributed by atoms with van der Waals surface area (Å²) in [6.07, 6.45) is 5.16. The SMILES string of the molecule is Fc1ccc(-c2ccnc3nc(-c4n[nH]c5ccc(-c6cccnc6)nc45)[nH]c23)s1. The van der Waals surface area contributed by atoms with Crippen molar-refractivity contribution in [3.05, 3.63) is 66.2 Å². The lowest BCUT2D eigenvalue weighted by Gasteiger charge is -2.00. The highest BCUT2D eigenvalue weighted by Crippen LogP contribution is 2.33. The first-order valence-electron chi connectivity index (χ1n) is 9.12. The van der Waals surface area contributed by atoms with Crippen LogP contribution in [0.5, 0.6) is 0 Å². The molecule has 6 aromatic rings. The van der Waals surface area contributed by atoms with Gasteiger partial charge in [-0.2, -0.15) is 9.49 Å². The summed E-state index contributed by atoms with van der Waals surface area (Å²) < 4.78 is 13.5. The van der Waals surface area contributed by atoms with Gasteiger partial charge in [-0.05, 0) is 42.5 Å². The summed E-state index contributed by atoms with van der Waals surface area (Å²) >= 11 is 1.08. The predicted molar refractivity (Wildman–Crippen MR) is 113 cm³/mol. The van der Waals surface area contributed by atoms with E-state index in [2.05, 4.69) is 30.1 Å². The number of hydrogen-bond acceptors (Lipinski definition) is 6. The Morgan fingerprint density at radius 1 is 0.967 bits per heavy atom. The van der Waals surface area contributed by atoms with Gasteiger partial charge in [0.1, 0.15) is 5.52 Å². The van der Waals surface area contributed by atoms with Gasteiger partial charge in [-0.15, -0.1) is 11.3 Å². The van der Waals surface area contributed by atoms with Crippen molar-refractivity contribution in [2.24, 2.45) is 0 Å². The first-order valence-corrected chi connectivity index (χ1v) is 9.94. The number of aromatic amines is 2. The molecule has 0 saturated carbocycles. The number of fused-ring (bicyclic) bond motifs is 2. The lowest BCUT2D eigenvalue weighted by atomic mass is 10.2. The fourth-order valence-electron chi connectivity index (χ4n) is 3.43. The molecule has 6 rings (SSSR count). The minimum absolute atomic E-state index is 0.236. The molecule has 0 radical (unpaired) electrons. The van der Waals surface area contributed by atoms with Crippen LogP contribution in [0.3, 0.4) is 0 Å². The minimum Gasteiger partial charge on any atom is -0.335 e. The van der Waals surface area contributed by atoms with Crippen molar-refractivity contribution in [3.8, 4) is 33.2 Å². The van der Waals surface area contributed by atoms with Crippen LogP contribution >= 0.6 is 11.3 Å². The van der Waals surface area contributed by atoms with Crippen LogP contribution in [-0.2, 0) is 0 Å². The number of H-pyrrole nitrogens is 2. The fourth-order valence-corrected chi connectivity index (χ4v) is 4.19. The van der Waals surface area contributed by atoms with Crippen molar-refractivity contribution < 1.29 is 4.39 Å². The molecule has 0 aliphatic carbocycles. The molecule has 0 spiro atoms. The Hall–Kier alpha value is -3.98. The van der Waals surface area contributed by atoms with Crippen molar-refractivity contribution in [2.75, 3.05) is 0 Å². The van der Waals surface area contributed by atoms with E-state index in [1.165, 1.54) is 6.07 Å². The van der Waals surface area contributed by atoms with Crippen LogP contribution in [0, 0.1) is 5.13 Å². The van der Waals surface area contributed by atoms with E-state index in [4.69, 9.17) is 4.98 Å². The molecule has 9 heteroatoms. The van der Waals surface area contributed by atoms with E-state index in [9.17, 15) is 4.39 Å². The molecule has 30 heavy (non-hydrogen) atoms. The number of aromatic nitrogens is 7. The molecule has 6 heterocycles. The van der Waals surface area contributed by atoms with Gasteiger partial charge in [0.15, 0.2) is 22.3 Å². The second-order valence-corrected chi connectivity index (χ2v) is 7.69. The Labute approximate surface area is 172 Å². The third-order valence-electron chi connectivity index (χ3n) is 4.82. The Kier molecular flexibility index (Phi) is 3.68. The summed E-state index contributed by atoms with van der Waals surface area (Å²) in [5, 5.41) is 7.19. The molecule has 2 N–H and O–H groups in total. The Morgan fingerprint density at radius 2 is 1.93 bits per heavy atom. The number of hydrogen-bond donors (Lipinski definition) is 2. The monoisotopic (exact) mass is 413 g/mol. The van der Waals surface area contributed by atoms with Gasteiger partial charge in [-0.25, -0.2) is 15.0 Å². The van der Waals surface area contributed by atoms with Gasteiger partial charge in [-0.3, -0.25) is 10.1 Å². The average Bonchev–Trinajstić information content (AvgIpc) is 3.51. The Balaban J connectivity index is 1.52. The zero-order valence-electron chi connectivity index (χ0n) is 15.3. The average molecular weight is 413 g/mol. The summed E-state index contributed by atoms with van der Waals surface area (Å²) in [5.41, 5.74) is 5.91. The summed E-state index contributed by atoms with van der Waals surface area (Å²) in [5.74, 6) is 0.545. The van der Waals surface area contributed by atoms with Gasteiger partial charge in [-0.1, -0.05) is 0 Å². The van der Waals surface area contributed by atoms with Crippen LogP contribution in [0.1, 0.15) is 0 Å². The first kappa shape index (κ1) is 16.9. The van der Waals surface area contributed by atoms with Crippen LogP contribution in [0.2, 0.25) is 0 Å². The number of pyridine rings is 3. The fraction of sp³-hybridized carbons (Fsp3) is 0. The number of rotatable bonds is 3. The van der Waals surface area contributed by atoms with E-state index in [0.717, 1.165) is 44.1 Å². The van der Waals surface area contributed by atoms with E-state index in [0.29, 0.717) is 22.7 Å². The number of imidazole rings is 1. The molecule has 0 atom stereocenters. The molecule has 6 aromatic heterocycles. The van der Waals surface area contributed by atoms with Crippen LogP contribution in [0.25, 0.3) is 55.4 Å². The molecule has 0 fully saturated rings. The third kappa shape index (κ3) is 2.67. The molecule has 0 amide bonds. The molecule has 0 aromatic carbocycles. The molecular weight excluding hydrogens is 401 g/mol. The van der Waals surface area contributed by atoms with Crippen molar-refractivity contribution in [2.45, 2.75) is 0 Å². The lowest BCUT2D eigenvalue weighted by molar-refractivity contribution is 0.657. The highest BCUT2D eigenvalue weighted by atomic mass is 32.1. The number of nitrogens with one attached hydrogen (secondary N) is 2. The van der Waals surface area contributed by atoms with E-state index in [1.807, 2.05) is 30.3 Å². The van der Waals surface area contributed by atoms with E-state index < -0.39 is 0 Å². The van der Waals surface area contributed by atoms with Crippen molar-refractivity contribution in [1.29, 1.82) is 0 Å². The molecule has 0 aliphatic rings. The van der Waals surface area contributed by atoms with E-state index >= 15 is 0 Å². The van der Waals surface area contributed by atoms with Gasteiger partial charge >= 0.3 is 0 Å². The van der Waals surface area contributed by atoms with Crippen LogP contribution in [0.4, 0.5) is 4.39 Å². The van der Waals surface area contributed by atoms with Crippen LogP contribution < -0.4 is 0 Å². The topological polar surface area (TPSA) is 96.0 Å². The number of halogens is 1. The normalized spacial score (nSPS) is 11.5. The van der Waals surface area contributed by atoms with E-state index in [-0.39, 0.29) is 5.13 Å². The van der Waals surface area contributed by atoms with Gasteiger partial charge in [0.05, 0.1) is 16.7 Å². The molecule has 0 aliphatic heterocycles. The summed E-state index contributed by atoms with van der Waals surface area (Å²) in [6.45, 7) is 0. The maximum Gasteiger partial charge on any atom is 0.178 e. The summed E-state index contributed by atoms with van der Waals surface area (Å²) in [4.78, 5) is 22.0. The van der Waals surface area contributed by atoms with Crippen LogP contribution in [0.15, 0.2) is 61.1 Å². The summed E-state index contributed by atoms with van der Waals surface area (Å²) in [7, 11) is 0. The largest absolute Gasteiger partial charge is 0.335 e. The molecule has 0 bridgehead atoms. The second-order valence-electron chi connectivity index (χ2n) is 6.65. The maximum absolute atomic E-state index is 13.5. The Bertz CT molecular complexity index is 1520. The minimum atomic E-state index is -0.236. The van der Waals surface area contributed by atoms with Gasteiger partial charge in [0.25, 0.3) is 0 Å². The molecule has 144 valence electrons. The van der Waals surface area contributed by atoms with Crippen LogP contribution in [-0.4, -0.2) is 35.1 Å². The van der Waals surface area contributed by atoms with Crippen molar-refractivity contribution in [3.63, 3.8) is 0 Å².